The fraction of sp³-hybridized carbons (Fsp3) is 0.238. The molecule has 1 fully saturated rings. The number of carbonyl (C=O) groups excluding carboxylic acids is 4. The Morgan fingerprint density at radius 2 is 1.83 bits per heavy atom. The van der Waals surface area contributed by atoms with E-state index in [0.717, 1.165) is 4.90 Å². The maximum absolute atomic E-state index is 12.8. The van der Waals surface area contributed by atoms with Gasteiger partial charge in [-0.1, -0.05) is 36.4 Å². The monoisotopic (exact) mass is 411 g/mol. The van der Waals surface area contributed by atoms with Crippen LogP contribution < -0.4 is 15.4 Å². The Kier molecular flexibility index (Phi) is 6.01. The van der Waals surface area contributed by atoms with Gasteiger partial charge in [-0.25, -0.2) is 4.79 Å². The lowest BCUT2D eigenvalue weighted by atomic mass is 9.92. The van der Waals surface area contributed by atoms with Crippen LogP contribution in [0.4, 0.5) is 10.5 Å². The summed E-state index contributed by atoms with van der Waals surface area (Å²) >= 11 is 0. The summed E-state index contributed by atoms with van der Waals surface area (Å²) in [6.07, 6.45) is 0. The molecule has 4 amide bonds. The van der Waals surface area contributed by atoms with Crippen LogP contribution in [-0.2, 0) is 24.7 Å². The van der Waals surface area contributed by atoms with E-state index in [9.17, 15) is 19.2 Å². The number of rotatable bonds is 7. The minimum absolute atomic E-state index is 0.475. The van der Waals surface area contributed by atoms with Crippen molar-refractivity contribution in [2.24, 2.45) is 0 Å². The van der Waals surface area contributed by atoms with E-state index < -0.39 is 42.5 Å². The predicted octanol–water partition coefficient (Wildman–Crippen LogP) is 1.64. The van der Waals surface area contributed by atoms with E-state index in [1.165, 1.54) is 7.11 Å². The van der Waals surface area contributed by atoms with Gasteiger partial charge in [-0.05, 0) is 24.6 Å². The van der Waals surface area contributed by atoms with E-state index in [2.05, 4.69) is 10.6 Å². The normalized spacial score (nSPS) is 18.0. The Labute approximate surface area is 172 Å². The molecule has 2 aromatic carbocycles. The first kappa shape index (κ1) is 20.8. The number of carbonyl (C=O) groups is 4. The number of urea groups is 1. The molecule has 0 unspecified atom stereocenters. The van der Waals surface area contributed by atoms with Gasteiger partial charge in [0.05, 0.1) is 7.11 Å². The molecule has 0 radical (unpaired) electrons. The maximum atomic E-state index is 12.8. The molecule has 2 N–H and O–H groups in total. The number of methoxy groups -OCH3 is 1. The third-order valence-corrected chi connectivity index (χ3v) is 4.63. The third kappa shape index (κ3) is 4.40. The highest BCUT2D eigenvalue weighted by molar-refractivity contribution is 6.09. The van der Waals surface area contributed by atoms with Crippen molar-refractivity contribution in [3.63, 3.8) is 0 Å². The van der Waals surface area contributed by atoms with Crippen molar-refractivity contribution in [2.75, 3.05) is 25.6 Å². The lowest BCUT2D eigenvalue weighted by Gasteiger charge is -2.21. The molecule has 1 heterocycles. The third-order valence-electron chi connectivity index (χ3n) is 4.63. The molecule has 1 atom stereocenters. The molecular formula is C21H21N3O6. The first-order valence-corrected chi connectivity index (χ1v) is 9.12. The molecule has 156 valence electrons. The Morgan fingerprint density at radius 3 is 2.53 bits per heavy atom. The molecule has 1 aliphatic heterocycles. The second kappa shape index (κ2) is 8.64. The lowest BCUT2D eigenvalue weighted by molar-refractivity contribution is -0.150. The van der Waals surface area contributed by atoms with E-state index in [4.69, 9.17) is 9.47 Å². The van der Waals surface area contributed by atoms with Gasteiger partial charge in [0.2, 0.25) is 0 Å². The number of imide groups is 1. The van der Waals surface area contributed by atoms with Crippen LogP contribution in [0.3, 0.4) is 0 Å². The molecule has 0 aromatic heterocycles. The number of ether oxygens (including phenoxy) is 2. The molecular weight excluding hydrogens is 390 g/mol. The van der Waals surface area contributed by atoms with Gasteiger partial charge in [0.15, 0.2) is 6.61 Å². The second-order valence-corrected chi connectivity index (χ2v) is 6.75. The van der Waals surface area contributed by atoms with Gasteiger partial charge in [0, 0.05) is 11.8 Å². The van der Waals surface area contributed by atoms with Gasteiger partial charge in [-0.3, -0.25) is 19.3 Å². The van der Waals surface area contributed by atoms with Crippen molar-refractivity contribution in [1.29, 1.82) is 0 Å². The van der Waals surface area contributed by atoms with Crippen molar-refractivity contribution >= 4 is 29.5 Å². The zero-order chi connectivity index (χ0) is 21.7. The topological polar surface area (TPSA) is 114 Å². The summed E-state index contributed by atoms with van der Waals surface area (Å²) in [5, 5.41) is 5.16. The highest BCUT2D eigenvalue weighted by atomic mass is 16.5. The smallest absolute Gasteiger partial charge is 0.326 e. The molecule has 0 saturated carbocycles. The Balaban J connectivity index is 1.55. The van der Waals surface area contributed by atoms with Crippen molar-refractivity contribution < 1.29 is 28.7 Å². The summed E-state index contributed by atoms with van der Waals surface area (Å²) in [5.74, 6) is -1.46. The largest absolute Gasteiger partial charge is 0.497 e. The van der Waals surface area contributed by atoms with Gasteiger partial charge in [0.1, 0.15) is 17.8 Å². The average molecular weight is 411 g/mol. The molecule has 30 heavy (non-hydrogen) atoms. The fourth-order valence-electron chi connectivity index (χ4n) is 3.03. The number of hydrogen-bond donors (Lipinski definition) is 2. The minimum Gasteiger partial charge on any atom is -0.497 e. The molecule has 3 rings (SSSR count). The molecule has 0 aliphatic carbocycles. The van der Waals surface area contributed by atoms with E-state index in [-0.39, 0.29) is 0 Å². The van der Waals surface area contributed by atoms with E-state index in [1.807, 2.05) is 0 Å². The van der Waals surface area contributed by atoms with Crippen LogP contribution in [-0.4, -0.2) is 49.0 Å². The molecule has 2 aromatic rings. The van der Waals surface area contributed by atoms with E-state index in [1.54, 1.807) is 61.5 Å². The number of nitrogens with zero attached hydrogens (tertiary/aromatic N) is 1. The van der Waals surface area contributed by atoms with Crippen LogP contribution in [0, 0.1) is 0 Å². The number of benzene rings is 2. The number of hydrogen-bond acceptors (Lipinski definition) is 6. The summed E-state index contributed by atoms with van der Waals surface area (Å²) in [7, 11) is 1.50. The van der Waals surface area contributed by atoms with Gasteiger partial charge < -0.3 is 20.1 Å². The predicted molar refractivity (Wildman–Crippen MR) is 107 cm³/mol. The lowest BCUT2D eigenvalue weighted by Crippen LogP contribution is -2.41. The summed E-state index contributed by atoms with van der Waals surface area (Å²) in [6.45, 7) is 0.407. The first-order chi connectivity index (χ1) is 14.3. The van der Waals surface area contributed by atoms with Gasteiger partial charge in [-0.2, -0.15) is 0 Å². The molecule has 0 spiro atoms. The quantitative estimate of drug-likeness (QED) is 0.529. The standard InChI is InChI=1S/C21H21N3O6/c1-21(14-7-4-3-5-8-14)19(27)24(20(28)23-21)12-18(26)30-13-17(25)22-15-9-6-10-16(11-15)29-2/h3-11H,12-13H2,1-2H3,(H,22,25)(H,23,28)/t21-/m1/s1. The van der Waals surface area contributed by atoms with Crippen LogP contribution in [0.1, 0.15) is 12.5 Å². The van der Waals surface area contributed by atoms with Crippen molar-refractivity contribution in [1.82, 2.24) is 10.2 Å². The number of esters is 1. The molecule has 1 saturated heterocycles. The number of anilines is 1. The summed E-state index contributed by atoms with van der Waals surface area (Å²) in [6, 6.07) is 14.7. The summed E-state index contributed by atoms with van der Waals surface area (Å²) in [4.78, 5) is 49.9. The van der Waals surface area contributed by atoms with Crippen molar-refractivity contribution in [2.45, 2.75) is 12.5 Å². The summed E-state index contributed by atoms with van der Waals surface area (Å²) < 4.78 is 9.97. The zero-order valence-electron chi connectivity index (χ0n) is 16.5. The first-order valence-electron chi connectivity index (χ1n) is 9.12. The number of amides is 4. The Morgan fingerprint density at radius 1 is 1.10 bits per heavy atom. The molecule has 9 heteroatoms. The zero-order valence-corrected chi connectivity index (χ0v) is 16.5. The van der Waals surface area contributed by atoms with Crippen LogP contribution in [0.25, 0.3) is 0 Å². The maximum Gasteiger partial charge on any atom is 0.326 e. The molecule has 0 bridgehead atoms. The van der Waals surface area contributed by atoms with E-state index in [0.29, 0.717) is 17.0 Å². The van der Waals surface area contributed by atoms with Crippen LogP contribution in [0.5, 0.6) is 5.75 Å². The summed E-state index contributed by atoms with van der Waals surface area (Å²) in [5.41, 5.74) is -0.206. The van der Waals surface area contributed by atoms with Crippen LogP contribution in [0.15, 0.2) is 54.6 Å². The Hall–Kier alpha value is -3.88. The Bertz CT molecular complexity index is 978. The SMILES string of the molecule is COc1cccc(NC(=O)COC(=O)CN2C(=O)N[C@](C)(c3ccccc3)C2=O)c1. The second-order valence-electron chi connectivity index (χ2n) is 6.75. The van der Waals surface area contributed by atoms with Gasteiger partial charge in [0.25, 0.3) is 11.8 Å². The number of nitrogens with one attached hydrogen (secondary N) is 2. The van der Waals surface area contributed by atoms with Crippen molar-refractivity contribution in [3.05, 3.63) is 60.2 Å². The molecule has 1 aliphatic rings. The van der Waals surface area contributed by atoms with Gasteiger partial charge in [-0.15, -0.1) is 0 Å². The fourth-order valence-corrected chi connectivity index (χ4v) is 3.03. The highest BCUT2D eigenvalue weighted by Crippen LogP contribution is 2.28. The minimum atomic E-state index is -1.28. The average Bonchev–Trinajstić information content (AvgIpc) is 2.97. The van der Waals surface area contributed by atoms with Crippen molar-refractivity contribution in [3.8, 4) is 5.75 Å². The van der Waals surface area contributed by atoms with E-state index >= 15 is 0 Å². The van der Waals surface area contributed by atoms with Crippen LogP contribution >= 0.6 is 0 Å². The van der Waals surface area contributed by atoms with Gasteiger partial charge >= 0.3 is 12.0 Å². The van der Waals surface area contributed by atoms with Crippen LogP contribution in [0.2, 0.25) is 0 Å². The highest BCUT2D eigenvalue weighted by Gasteiger charge is 2.49. The molecule has 9 nitrogen and oxygen atoms in total.